The van der Waals surface area contributed by atoms with Crippen LogP contribution in [-0.2, 0) is 0 Å². The molecular formula is C12H8BrCl2N3O3. The molecule has 1 aliphatic rings. The van der Waals surface area contributed by atoms with Gasteiger partial charge >= 0.3 is 5.84 Å². The van der Waals surface area contributed by atoms with Gasteiger partial charge in [0.1, 0.15) is 0 Å². The zero-order chi connectivity index (χ0) is 15.8. The largest absolute Gasteiger partial charge is 0.380 e. The smallest absolute Gasteiger partial charge is 0.358 e. The van der Waals surface area contributed by atoms with Crippen molar-refractivity contribution in [2.45, 2.75) is 17.8 Å². The number of aliphatic imine (C=N–C) groups is 2. The third kappa shape index (κ3) is 3.30. The van der Waals surface area contributed by atoms with Crippen LogP contribution in [0.2, 0.25) is 10.0 Å². The topological polar surface area (TPSA) is 84.9 Å². The average Bonchev–Trinajstić information content (AvgIpc) is 2.67. The van der Waals surface area contributed by atoms with E-state index in [1.54, 1.807) is 0 Å². The minimum absolute atomic E-state index is 0.236. The van der Waals surface area contributed by atoms with Crippen LogP contribution in [0.1, 0.15) is 23.7 Å². The first-order valence-electron chi connectivity index (χ1n) is 5.70. The number of amidine groups is 2. The van der Waals surface area contributed by atoms with E-state index >= 15 is 0 Å². The molecule has 0 fully saturated rings. The van der Waals surface area contributed by atoms with Crippen LogP contribution in [0.4, 0.5) is 0 Å². The van der Waals surface area contributed by atoms with E-state index in [2.05, 4.69) is 25.9 Å². The van der Waals surface area contributed by atoms with Gasteiger partial charge in [-0.3, -0.25) is 4.79 Å². The van der Waals surface area contributed by atoms with E-state index in [4.69, 9.17) is 23.2 Å². The van der Waals surface area contributed by atoms with Crippen LogP contribution in [0.5, 0.6) is 0 Å². The number of nitrogens with zero attached hydrogens (tertiary/aromatic N) is 3. The van der Waals surface area contributed by atoms with Crippen molar-refractivity contribution in [2.24, 2.45) is 9.98 Å². The van der Waals surface area contributed by atoms with Gasteiger partial charge in [0.2, 0.25) is 10.3 Å². The molecule has 21 heavy (non-hydrogen) atoms. The maximum atomic E-state index is 12.3. The SMILES string of the molecule is CC1=NC(Br)(CC(=O)c2ccc(Cl)c(Cl)c2)C([N+](=O)[O-])=N1. The Labute approximate surface area is 138 Å². The Kier molecular flexibility index (Phi) is 4.46. The number of rotatable bonds is 3. The van der Waals surface area contributed by atoms with E-state index < -0.39 is 15.2 Å². The Morgan fingerprint density at radius 1 is 1.43 bits per heavy atom. The molecule has 9 heteroatoms. The molecule has 0 saturated heterocycles. The van der Waals surface area contributed by atoms with Crippen molar-refractivity contribution in [1.82, 2.24) is 0 Å². The zero-order valence-electron chi connectivity index (χ0n) is 10.6. The van der Waals surface area contributed by atoms with Gasteiger partial charge in [0.25, 0.3) is 0 Å². The monoisotopic (exact) mass is 391 g/mol. The number of carbonyl (C=O) groups is 1. The summed E-state index contributed by atoms with van der Waals surface area (Å²) < 4.78 is -1.45. The van der Waals surface area contributed by atoms with Gasteiger partial charge in [-0.2, -0.15) is 0 Å². The van der Waals surface area contributed by atoms with Crippen molar-refractivity contribution in [3.8, 4) is 0 Å². The Hall–Kier alpha value is -1.31. The molecule has 1 atom stereocenters. The molecule has 2 rings (SSSR count). The van der Waals surface area contributed by atoms with Gasteiger partial charge in [-0.15, -0.1) is 0 Å². The van der Waals surface area contributed by atoms with E-state index in [0.717, 1.165) is 0 Å². The van der Waals surface area contributed by atoms with Crippen LogP contribution in [0.15, 0.2) is 28.2 Å². The summed E-state index contributed by atoms with van der Waals surface area (Å²) in [7, 11) is 0. The van der Waals surface area contributed by atoms with Crippen LogP contribution < -0.4 is 0 Å². The Bertz CT molecular complexity index is 705. The predicted octanol–water partition coefficient (Wildman–Crippen LogP) is 3.76. The maximum absolute atomic E-state index is 12.3. The number of Topliss-reactive ketones (excluding diaryl/α,β-unsaturated/α-hetero) is 1. The van der Waals surface area contributed by atoms with Crippen molar-refractivity contribution >= 4 is 56.6 Å². The number of hydrogen-bond donors (Lipinski definition) is 0. The molecule has 0 radical (unpaired) electrons. The van der Waals surface area contributed by atoms with Crippen molar-refractivity contribution in [2.75, 3.05) is 0 Å². The number of halogens is 3. The Balaban J connectivity index is 2.28. The number of hydrogen-bond acceptors (Lipinski definition) is 5. The Morgan fingerprint density at radius 2 is 2.10 bits per heavy atom. The lowest BCUT2D eigenvalue weighted by molar-refractivity contribution is -0.354. The van der Waals surface area contributed by atoms with Gasteiger partial charge in [-0.25, -0.2) is 4.99 Å². The maximum Gasteiger partial charge on any atom is 0.380 e. The number of benzene rings is 1. The highest BCUT2D eigenvalue weighted by Crippen LogP contribution is 2.33. The molecule has 1 heterocycles. The van der Waals surface area contributed by atoms with Gasteiger partial charge in [-0.05, 0) is 44.0 Å². The van der Waals surface area contributed by atoms with Gasteiger partial charge in [-0.1, -0.05) is 23.2 Å². The second kappa shape index (κ2) is 5.82. The summed E-state index contributed by atoms with van der Waals surface area (Å²) in [6.07, 6.45) is -0.248. The van der Waals surface area contributed by atoms with Gasteiger partial charge in [0, 0.05) is 12.5 Å². The fraction of sp³-hybridized carbons (Fsp3) is 0.250. The average molecular weight is 393 g/mol. The standard InChI is InChI=1S/C12H8BrCl2N3O3/c1-6-16-11(18(20)21)12(13,17-6)5-10(19)7-2-3-8(14)9(15)4-7/h2-4H,5H2,1H3. The molecule has 0 N–H and O–H groups in total. The van der Waals surface area contributed by atoms with E-state index in [9.17, 15) is 14.9 Å². The first kappa shape index (κ1) is 16.1. The summed E-state index contributed by atoms with van der Waals surface area (Å²) in [5, 5.41) is 11.6. The molecular weight excluding hydrogens is 385 g/mol. The van der Waals surface area contributed by atoms with Crippen LogP contribution in [0, 0.1) is 10.1 Å². The predicted molar refractivity (Wildman–Crippen MR) is 84.6 cm³/mol. The number of nitro groups is 1. The second-order valence-electron chi connectivity index (χ2n) is 4.34. The van der Waals surface area contributed by atoms with Crippen molar-refractivity contribution < 1.29 is 9.72 Å². The van der Waals surface area contributed by atoms with Crippen molar-refractivity contribution in [1.29, 1.82) is 0 Å². The minimum Gasteiger partial charge on any atom is -0.358 e. The van der Waals surface area contributed by atoms with Crippen LogP contribution in [0.25, 0.3) is 0 Å². The highest BCUT2D eigenvalue weighted by atomic mass is 79.9. The highest BCUT2D eigenvalue weighted by molar-refractivity contribution is 9.10. The number of carbonyl (C=O) groups excluding carboxylic acids is 1. The van der Waals surface area contributed by atoms with E-state index in [1.807, 2.05) is 0 Å². The number of ketones is 1. The van der Waals surface area contributed by atoms with Crippen molar-refractivity contribution in [3.05, 3.63) is 43.9 Å². The lowest BCUT2D eigenvalue weighted by atomic mass is 10.0. The van der Waals surface area contributed by atoms with Crippen LogP contribution in [-0.4, -0.2) is 26.8 Å². The first-order chi connectivity index (χ1) is 9.73. The molecule has 1 aliphatic heterocycles. The van der Waals surface area contributed by atoms with Gasteiger partial charge in [0.05, 0.1) is 16.5 Å². The fourth-order valence-corrected chi connectivity index (χ4v) is 2.90. The summed E-state index contributed by atoms with van der Waals surface area (Å²) in [5.41, 5.74) is 0.297. The van der Waals surface area contributed by atoms with Crippen molar-refractivity contribution in [3.63, 3.8) is 0 Å². The molecule has 1 aromatic rings. The highest BCUT2D eigenvalue weighted by Gasteiger charge is 2.48. The number of alkyl halides is 1. The second-order valence-corrected chi connectivity index (χ2v) is 6.47. The molecule has 110 valence electrons. The lowest BCUT2D eigenvalue weighted by Gasteiger charge is -2.15. The molecule has 0 bridgehead atoms. The molecule has 0 aromatic heterocycles. The summed E-state index contributed by atoms with van der Waals surface area (Å²) in [5.74, 6) is -0.535. The summed E-state index contributed by atoms with van der Waals surface area (Å²) in [6.45, 7) is 1.52. The minimum atomic E-state index is -1.45. The lowest BCUT2D eigenvalue weighted by Crippen LogP contribution is -2.35. The van der Waals surface area contributed by atoms with E-state index in [1.165, 1.54) is 25.1 Å². The van der Waals surface area contributed by atoms with Gasteiger partial charge in [0.15, 0.2) is 5.78 Å². The van der Waals surface area contributed by atoms with E-state index in [0.29, 0.717) is 10.6 Å². The summed E-state index contributed by atoms with van der Waals surface area (Å²) >= 11 is 14.8. The van der Waals surface area contributed by atoms with Crippen LogP contribution in [0.3, 0.4) is 0 Å². The molecule has 1 unspecified atom stereocenters. The molecule has 6 nitrogen and oxygen atoms in total. The first-order valence-corrected chi connectivity index (χ1v) is 7.25. The quantitative estimate of drug-likeness (QED) is 0.258. The normalized spacial score (nSPS) is 21.0. The molecule has 0 spiro atoms. The summed E-state index contributed by atoms with van der Waals surface area (Å²) in [6, 6.07) is 4.40. The molecule has 0 amide bonds. The van der Waals surface area contributed by atoms with Crippen LogP contribution >= 0.6 is 39.1 Å². The van der Waals surface area contributed by atoms with E-state index in [-0.39, 0.29) is 23.1 Å². The summed E-state index contributed by atoms with van der Waals surface area (Å²) in [4.78, 5) is 30.4. The fourth-order valence-electron chi connectivity index (χ4n) is 1.85. The Morgan fingerprint density at radius 3 is 2.67 bits per heavy atom. The zero-order valence-corrected chi connectivity index (χ0v) is 13.7. The molecule has 0 saturated carbocycles. The third-order valence-electron chi connectivity index (χ3n) is 2.76. The third-order valence-corrected chi connectivity index (χ3v) is 4.31. The molecule has 1 aromatic carbocycles. The van der Waals surface area contributed by atoms with Gasteiger partial charge < -0.3 is 10.1 Å². The molecule has 0 aliphatic carbocycles.